The normalized spacial score (nSPS) is 32.5. The number of carbonyl (C=O) groups excluding carboxylic acids is 3. The number of hydrogen-bond acceptors (Lipinski definition) is 4. The van der Waals surface area contributed by atoms with Crippen LogP contribution < -0.4 is 10.6 Å². The predicted octanol–water partition coefficient (Wildman–Crippen LogP) is 1.95. The molecule has 0 aromatic heterocycles. The van der Waals surface area contributed by atoms with Gasteiger partial charge in [0.15, 0.2) is 0 Å². The van der Waals surface area contributed by atoms with Crippen LogP contribution in [-0.2, 0) is 20.8 Å². The second-order valence-corrected chi connectivity index (χ2v) is 11.1. The van der Waals surface area contributed by atoms with Crippen molar-refractivity contribution >= 4 is 17.7 Å². The zero-order chi connectivity index (χ0) is 23.8. The SMILES string of the molecule is Cc1ccc(C[C@H](NC(=O)CO)C(=O)N2CCC[C@@H]2C(=O)NC2C3CC4CC(C3)CC2C4)cc1. The van der Waals surface area contributed by atoms with E-state index in [4.69, 9.17) is 0 Å². The Bertz CT molecular complexity index is 902. The largest absolute Gasteiger partial charge is 0.387 e. The van der Waals surface area contributed by atoms with E-state index in [9.17, 15) is 19.5 Å². The van der Waals surface area contributed by atoms with Crippen molar-refractivity contribution < 1.29 is 19.5 Å². The number of aryl methyl sites for hydroxylation is 1. The number of aliphatic hydroxyl groups is 1. The van der Waals surface area contributed by atoms with E-state index in [0.717, 1.165) is 29.4 Å². The monoisotopic (exact) mass is 467 g/mol. The molecular formula is C27H37N3O4. The van der Waals surface area contributed by atoms with E-state index < -0.39 is 24.6 Å². The summed E-state index contributed by atoms with van der Waals surface area (Å²) < 4.78 is 0. The molecule has 34 heavy (non-hydrogen) atoms. The van der Waals surface area contributed by atoms with Crippen LogP contribution in [-0.4, -0.2) is 59.0 Å². The number of nitrogens with one attached hydrogen (secondary N) is 2. The number of nitrogens with zero attached hydrogens (tertiary/aromatic N) is 1. The first-order valence-electron chi connectivity index (χ1n) is 13.0. The Morgan fingerprint density at radius 3 is 2.29 bits per heavy atom. The Labute approximate surface area is 201 Å². The molecule has 0 spiro atoms. The molecule has 5 fully saturated rings. The molecule has 7 nitrogen and oxygen atoms in total. The third-order valence-electron chi connectivity index (χ3n) is 8.71. The van der Waals surface area contributed by atoms with Gasteiger partial charge in [0.1, 0.15) is 18.7 Å². The molecule has 1 aliphatic heterocycles. The minimum atomic E-state index is -0.808. The van der Waals surface area contributed by atoms with Crippen LogP contribution in [0.1, 0.15) is 56.1 Å². The molecule has 184 valence electrons. The Morgan fingerprint density at radius 2 is 1.68 bits per heavy atom. The summed E-state index contributed by atoms with van der Waals surface area (Å²) in [6.45, 7) is 1.84. The van der Waals surface area contributed by atoms with Crippen molar-refractivity contribution in [2.24, 2.45) is 23.7 Å². The van der Waals surface area contributed by atoms with E-state index >= 15 is 0 Å². The molecule has 0 unspecified atom stereocenters. The number of likely N-dealkylation sites (tertiary alicyclic amines) is 1. The molecule has 3 N–H and O–H groups in total. The van der Waals surface area contributed by atoms with Gasteiger partial charge >= 0.3 is 0 Å². The molecular weight excluding hydrogens is 430 g/mol. The highest BCUT2D eigenvalue weighted by atomic mass is 16.3. The zero-order valence-electron chi connectivity index (χ0n) is 20.0. The van der Waals surface area contributed by atoms with Crippen molar-refractivity contribution in [3.63, 3.8) is 0 Å². The van der Waals surface area contributed by atoms with Gasteiger partial charge in [-0.05, 0) is 81.1 Å². The first-order chi connectivity index (χ1) is 16.4. The third kappa shape index (κ3) is 4.72. The summed E-state index contributed by atoms with van der Waals surface area (Å²) in [7, 11) is 0. The van der Waals surface area contributed by atoms with Crippen molar-refractivity contribution in [3.8, 4) is 0 Å². The van der Waals surface area contributed by atoms with Crippen LogP contribution >= 0.6 is 0 Å². The van der Waals surface area contributed by atoms with E-state index in [0.29, 0.717) is 31.2 Å². The fourth-order valence-electron chi connectivity index (χ4n) is 7.32. The topological polar surface area (TPSA) is 98.7 Å². The van der Waals surface area contributed by atoms with Crippen LogP contribution in [0.5, 0.6) is 0 Å². The van der Waals surface area contributed by atoms with Crippen LogP contribution in [0.15, 0.2) is 24.3 Å². The fourth-order valence-corrected chi connectivity index (χ4v) is 7.32. The van der Waals surface area contributed by atoms with Crippen molar-refractivity contribution in [1.29, 1.82) is 0 Å². The lowest BCUT2D eigenvalue weighted by Gasteiger charge is -2.54. The highest BCUT2D eigenvalue weighted by Gasteiger charge is 2.49. The highest BCUT2D eigenvalue weighted by molar-refractivity contribution is 5.93. The Morgan fingerprint density at radius 1 is 1.03 bits per heavy atom. The second-order valence-electron chi connectivity index (χ2n) is 11.1. The maximum absolute atomic E-state index is 13.6. The second kappa shape index (κ2) is 9.68. The van der Waals surface area contributed by atoms with Crippen LogP contribution in [0.4, 0.5) is 0 Å². The van der Waals surface area contributed by atoms with E-state index in [2.05, 4.69) is 10.6 Å². The van der Waals surface area contributed by atoms with Crippen LogP contribution in [0.2, 0.25) is 0 Å². The van der Waals surface area contributed by atoms with Gasteiger partial charge < -0.3 is 20.6 Å². The third-order valence-corrected chi connectivity index (χ3v) is 8.71. The van der Waals surface area contributed by atoms with Crippen LogP contribution in [0, 0.1) is 30.6 Å². The number of rotatable bonds is 7. The molecule has 5 aliphatic rings. The summed E-state index contributed by atoms with van der Waals surface area (Å²) in [6.07, 6.45) is 8.06. The first kappa shape index (κ1) is 23.3. The lowest BCUT2D eigenvalue weighted by molar-refractivity contribution is -0.142. The number of hydrogen-bond donors (Lipinski definition) is 3. The predicted molar refractivity (Wildman–Crippen MR) is 128 cm³/mol. The summed E-state index contributed by atoms with van der Waals surface area (Å²) >= 11 is 0. The molecule has 1 saturated heterocycles. The maximum Gasteiger partial charge on any atom is 0.246 e. The van der Waals surface area contributed by atoms with Crippen molar-refractivity contribution in [1.82, 2.24) is 15.5 Å². The molecule has 3 amide bonds. The zero-order valence-corrected chi connectivity index (χ0v) is 20.0. The van der Waals surface area contributed by atoms with Gasteiger partial charge in [0.05, 0.1) is 0 Å². The minimum absolute atomic E-state index is 0.0362. The summed E-state index contributed by atoms with van der Waals surface area (Å²) in [5.41, 5.74) is 2.04. The molecule has 4 saturated carbocycles. The molecule has 0 radical (unpaired) electrons. The molecule has 1 aromatic carbocycles. The summed E-state index contributed by atoms with van der Waals surface area (Å²) in [5.74, 6) is 2.00. The van der Waals surface area contributed by atoms with Gasteiger partial charge in [-0.3, -0.25) is 14.4 Å². The van der Waals surface area contributed by atoms with Crippen LogP contribution in [0.25, 0.3) is 0 Å². The van der Waals surface area contributed by atoms with Gasteiger partial charge in [-0.15, -0.1) is 0 Å². The summed E-state index contributed by atoms with van der Waals surface area (Å²) in [6, 6.07) is 6.79. The molecule has 1 aromatic rings. The summed E-state index contributed by atoms with van der Waals surface area (Å²) in [4.78, 5) is 40.6. The van der Waals surface area contributed by atoms with Crippen LogP contribution in [0.3, 0.4) is 0 Å². The average Bonchev–Trinajstić information content (AvgIpc) is 3.31. The molecule has 7 heteroatoms. The van der Waals surface area contributed by atoms with E-state index in [1.54, 1.807) is 4.90 Å². The lowest BCUT2D eigenvalue weighted by atomic mass is 9.54. The Kier molecular flexibility index (Phi) is 6.65. The van der Waals surface area contributed by atoms with Crippen molar-refractivity contribution in [3.05, 3.63) is 35.4 Å². The lowest BCUT2D eigenvalue weighted by Crippen LogP contribution is -2.60. The van der Waals surface area contributed by atoms with E-state index in [1.807, 2.05) is 31.2 Å². The number of benzene rings is 1. The van der Waals surface area contributed by atoms with Crippen molar-refractivity contribution in [2.75, 3.05) is 13.2 Å². The molecule has 2 atom stereocenters. The Hall–Kier alpha value is -2.41. The molecule has 6 rings (SSSR count). The van der Waals surface area contributed by atoms with E-state index in [-0.39, 0.29) is 17.9 Å². The van der Waals surface area contributed by atoms with Gasteiger partial charge in [-0.1, -0.05) is 29.8 Å². The van der Waals surface area contributed by atoms with Gasteiger partial charge in [0.2, 0.25) is 17.7 Å². The smallest absolute Gasteiger partial charge is 0.246 e. The van der Waals surface area contributed by atoms with Gasteiger partial charge in [-0.25, -0.2) is 0 Å². The molecule has 1 heterocycles. The van der Waals surface area contributed by atoms with Gasteiger partial charge in [0.25, 0.3) is 0 Å². The van der Waals surface area contributed by atoms with Gasteiger partial charge in [-0.2, -0.15) is 0 Å². The quantitative estimate of drug-likeness (QED) is 0.571. The Balaban J connectivity index is 1.27. The fraction of sp³-hybridized carbons (Fsp3) is 0.667. The standard InChI is InChI=1S/C27H37N3O4/c1-16-4-6-17(7-5-16)14-22(28-24(32)15-31)27(34)30-8-2-3-23(30)26(33)29-25-20-10-18-9-19(12-20)13-21(25)11-18/h4-7,18-23,25,31H,2-3,8-15H2,1H3,(H,28,32)(H,29,33)/t18?,19?,20?,21?,22-,23+,25?/m0/s1. The molecule has 4 aliphatic carbocycles. The van der Waals surface area contributed by atoms with E-state index in [1.165, 1.54) is 32.1 Å². The van der Waals surface area contributed by atoms with Crippen molar-refractivity contribution in [2.45, 2.75) is 76.4 Å². The molecule has 4 bridgehead atoms. The maximum atomic E-state index is 13.6. The van der Waals surface area contributed by atoms with Gasteiger partial charge in [0, 0.05) is 19.0 Å². The first-order valence-corrected chi connectivity index (χ1v) is 13.0. The minimum Gasteiger partial charge on any atom is -0.387 e. The number of carbonyl (C=O) groups is 3. The summed E-state index contributed by atoms with van der Waals surface area (Å²) in [5, 5.41) is 15.3. The number of amides is 3. The number of aliphatic hydroxyl groups excluding tert-OH is 1. The highest BCUT2D eigenvalue weighted by Crippen LogP contribution is 2.53. The average molecular weight is 468 g/mol.